The SMILES string of the molecule is CC(C)CN(C)CC1(CN)CCC1. The standard InChI is InChI=1S/C11H24N2/c1-10(2)7-13(3)9-11(8-12)5-4-6-11/h10H,4-9,12H2,1-3H3. The lowest BCUT2D eigenvalue weighted by Crippen LogP contribution is -2.46. The van der Waals surface area contributed by atoms with Crippen LogP contribution >= 0.6 is 0 Å². The third-order valence-electron chi connectivity index (χ3n) is 3.13. The zero-order valence-corrected chi connectivity index (χ0v) is 9.34. The van der Waals surface area contributed by atoms with Crippen molar-refractivity contribution in [2.24, 2.45) is 17.1 Å². The van der Waals surface area contributed by atoms with E-state index in [-0.39, 0.29) is 0 Å². The van der Waals surface area contributed by atoms with E-state index in [4.69, 9.17) is 5.73 Å². The third kappa shape index (κ3) is 2.96. The molecule has 1 rings (SSSR count). The lowest BCUT2D eigenvalue weighted by atomic mass is 9.68. The number of nitrogens with zero attached hydrogens (tertiary/aromatic N) is 1. The van der Waals surface area contributed by atoms with Crippen molar-refractivity contribution in [2.45, 2.75) is 33.1 Å². The van der Waals surface area contributed by atoms with Crippen molar-refractivity contribution in [3.63, 3.8) is 0 Å². The first kappa shape index (κ1) is 11.0. The molecule has 0 spiro atoms. The van der Waals surface area contributed by atoms with Crippen LogP contribution in [0.2, 0.25) is 0 Å². The fourth-order valence-electron chi connectivity index (χ4n) is 2.36. The maximum absolute atomic E-state index is 5.82. The van der Waals surface area contributed by atoms with Gasteiger partial charge in [0.1, 0.15) is 0 Å². The first-order valence-electron chi connectivity index (χ1n) is 5.47. The molecule has 0 aromatic carbocycles. The summed E-state index contributed by atoms with van der Waals surface area (Å²) in [5.74, 6) is 0.764. The van der Waals surface area contributed by atoms with E-state index in [9.17, 15) is 0 Å². The fourth-order valence-corrected chi connectivity index (χ4v) is 2.36. The van der Waals surface area contributed by atoms with Gasteiger partial charge in [-0.05, 0) is 37.8 Å². The second-order valence-electron chi connectivity index (χ2n) is 5.15. The van der Waals surface area contributed by atoms with Crippen LogP contribution in [0.4, 0.5) is 0 Å². The minimum atomic E-state index is 0.476. The summed E-state index contributed by atoms with van der Waals surface area (Å²) in [4.78, 5) is 2.44. The molecule has 78 valence electrons. The minimum absolute atomic E-state index is 0.476. The highest BCUT2D eigenvalue weighted by Crippen LogP contribution is 2.40. The van der Waals surface area contributed by atoms with E-state index in [0.29, 0.717) is 5.41 Å². The summed E-state index contributed by atoms with van der Waals surface area (Å²) in [6.45, 7) is 7.80. The summed E-state index contributed by atoms with van der Waals surface area (Å²) in [7, 11) is 2.22. The van der Waals surface area contributed by atoms with Gasteiger partial charge in [-0.15, -0.1) is 0 Å². The van der Waals surface area contributed by atoms with Crippen molar-refractivity contribution >= 4 is 0 Å². The van der Waals surface area contributed by atoms with Gasteiger partial charge in [-0.2, -0.15) is 0 Å². The Morgan fingerprint density at radius 2 is 2.00 bits per heavy atom. The number of hydrogen-bond donors (Lipinski definition) is 1. The zero-order valence-electron chi connectivity index (χ0n) is 9.34. The predicted octanol–water partition coefficient (Wildman–Crippen LogP) is 1.70. The summed E-state index contributed by atoms with van der Waals surface area (Å²) in [5, 5.41) is 0. The van der Waals surface area contributed by atoms with Crippen molar-refractivity contribution in [2.75, 3.05) is 26.7 Å². The molecular formula is C11H24N2. The Morgan fingerprint density at radius 1 is 1.38 bits per heavy atom. The lowest BCUT2D eigenvalue weighted by Gasteiger charge is -2.43. The molecular weight excluding hydrogens is 160 g/mol. The van der Waals surface area contributed by atoms with Crippen LogP contribution in [0.3, 0.4) is 0 Å². The molecule has 0 aliphatic heterocycles. The first-order chi connectivity index (χ1) is 6.08. The fraction of sp³-hybridized carbons (Fsp3) is 1.00. The van der Waals surface area contributed by atoms with E-state index in [2.05, 4.69) is 25.8 Å². The third-order valence-corrected chi connectivity index (χ3v) is 3.13. The van der Waals surface area contributed by atoms with Crippen molar-refractivity contribution in [3.05, 3.63) is 0 Å². The van der Waals surface area contributed by atoms with Crippen LogP contribution in [0.1, 0.15) is 33.1 Å². The Morgan fingerprint density at radius 3 is 2.31 bits per heavy atom. The van der Waals surface area contributed by atoms with Gasteiger partial charge in [0.25, 0.3) is 0 Å². The second kappa shape index (κ2) is 4.43. The predicted molar refractivity (Wildman–Crippen MR) is 57.7 cm³/mol. The molecule has 1 fully saturated rings. The molecule has 1 aliphatic rings. The Balaban J connectivity index is 2.29. The summed E-state index contributed by atoms with van der Waals surface area (Å²) < 4.78 is 0. The molecule has 0 atom stereocenters. The van der Waals surface area contributed by atoms with Gasteiger partial charge < -0.3 is 10.6 Å². The second-order valence-corrected chi connectivity index (χ2v) is 5.15. The molecule has 2 N–H and O–H groups in total. The number of nitrogens with two attached hydrogens (primary N) is 1. The lowest BCUT2D eigenvalue weighted by molar-refractivity contribution is 0.0825. The summed E-state index contributed by atoms with van der Waals surface area (Å²) in [6, 6.07) is 0. The Bertz CT molecular complexity index is 145. The molecule has 1 aliphatic carbocycles. The molecule has 0 bridgehead atoms. The number of hydrogen-bond acceptors (Lipinski definition) is 2. The van der Waals surface area contributed by atoms with Crippen LogP contribution in [0.25, 0.3) is 0 Å². The van der Waals surface area contributed by atoms with Gasteiger partial charge in [-0.25, -0.2) is 0 Å². The Labute approximate surface area is 82.5 Å². The molecule has 0 heterocycles. The van der Waals surface area contributed by atoms with Crippen LogP contribution in [-0.4, -0.2) is 31.6 Å². The molecule has 13 heavy (non-hydrogen) atoms. The van der Waals surface area contributed by atoms with Crippen molar-refractivity contribution < 1.29 is 0 Å². The highest BCUT2D eigenvalue weighted by molar-refractivity contribution is 4.90. The van der Waals surface area contributed by atoms with E-state index >= 15 is 0 Å². The topological polar surface area (TPSA) is 29.3 Å². The maximum Gasteiger partial charge on any atom is 0.00471 e. The highest BCUT2D eigenvalue weighted by Gasteiger charge is 2.36. The number of rotatable bonds is 5. The van der Waals surface area contributed by atoms with Crippen molar-refractivity contribution in [3.8, 4) is 0 Å². The average molecular weight is 184 g/mol. The zero-order chi connectivity index (χ0) is 9.90. The smallest absolute Gasteiger partial charge is 0.00471 e. The van der Waals surface area contributed by atoms with E-state index in [1.165, 1.54) is 32.4 Å². The van der Waals surface area contributed by atoms with Gasteiger partial charge in [-0.3, -0.25) is 0 Å². The molecule has 0 unspecified atom stereocenters. The maximum atomic E-state index is 5.82. The van der Waals surface area contributed by atoms with Gasteiger partial charge in [-0.1, -0.05) is 20.3 Å². The van der Waals surface area contributed by atoms with Gasteiger partial charge in [0.2, 0.25) is 0 Å². The summed E-state index contributed by atoms with van der Waals surface area (Å²) in [5.41, 5.74) is 6.30. The normalized spacial score (nSPS) is 20.8. The molecule has 0 aromatic rings. The average Bonchev–Trinajstić information content (AvgIpc) is 1.95. The molecule has 0 amide bonds. The van der Waals surface area contributed by atoms with Crippen LogP contribution in [0, 0.1) is 11.3 Å². The molecule has 0 radical (unpaired) electrons. The molecule has 0 aromatic heterocycles. The monoisotopic (exact) mass is 184 g/mol. The van der Waals surface area contributed by atoms with Gasteiger partial charge in [0.15, 0.2) is 0 Å². The molecule has 0 saturated heterocycles. The minimum Gasteiger partial charge on any atom is -0.330 e. The van der Waals surface area contributed by atoms with Crippen LogP contribution in [0.5, 0.6) is 0 Å². The van der Waals surface area contributed by atoms with E-state index in [1.807, 2.05) is 0 Å². The van der Waals surface area contributed by atoms with Crippen molar-refractivity contribution in [1.29, 1.82) is 0 Å². The van der Waals surface area contributed by atoms with Crippen molar-refractivity contribution in [1.82, 2.24) is 4.90 Å². The van der Waals surface area contributed by atoms with Crippen LogP contribution in [0.15, 0.2) is 0 Å². The summed E-state index contributed by atoms with van der Waals surface area (Å²) >= 11 is 0. The summed E-state index contributed by atoms with van der Waals surface area (Å²) in [6.07, 6.45) is 4.06. The largest absolute Gasteiger partial charge is 0.330 e. The molecule has 1 saturated carbocycles. The first-order valence-corrected chi connectivity index (χ1v) is 5.47. The molecule has 2 nitrogen and oxygen atoms in total. The Hall–Kier alpha value is -0.0800. The quantitative estimate of drug-likeness (QED) is 0.704. The van der Waals surface area contributed by atoms with Gasteiger partial charge in [0.05, 0.1) is 0 Å². The highest BCUT2D eigenvalue weighted by atomic mass is 15.1. The van der Waals surface area contributed by atoms with E-state index in [1.54, 1.807) is 0 Å². The Kier molecular flexibility index (Phi) is 3.74. The van der Waals surface area contributed by atoms with Crippen LogP contribution in [-0.2, 0) is 0 Å². The van der Waals surface area contributed by atoms with E-state index in [0.717, 1.165) is 12.5 Å². The van der Waals surface area contributed by atoms with Gasteiger partial charge >= 0.3 is 0 Å². The molecule has 2 heteroatoms. The van der Waals surface area contributed by atoms with E-state index < -0.39 is 0 Å². The van der Waals surface area contributed by atoms with Crippen LogP contribution < -0.4 is 5.73 Å². The van der Waals surface area contributed by atoms with Gasteiger partial charge in [0, 0.05) is 13.1 Å².